The number of fused-ring (bicyclic) bond motifs is 2. The van der Waals surface area contributed by atoms with Gasteiger partial charge in [-0.25, -0.2) is 13.4 Å². The zero-order valence-electron chi connectivity index (χ0n) is 19.2. The fourth-order valence-electron chi connectivity index (χ4n) is 5.04. The third-order valence-corrected chi connectivity index (χ3v) is 9.93. The average Bonchev–Trinajstić information content (AvgIpc) is 3.37. The van der Waals surface area contributed by atoms with E-state index in [1.54, 1.807) is 24.4 Å². The highest BCUT2D eigenvalue weighted by Crippen LogP contribution is 2.37. The van der Waals surface area contributed by atoms with Crippen LogP contribution >= 0.6 is 24.0 Å². The monoisotopic (exact) mass is 538 g/mol. The van der Waals surface area contributed by atoms with E-state index >= 15 is 0 Å². The summed E-state index contributed by atoms with van der Waals surface area (Å²) in [6, 6.07) is 13.1. The molecular formula is C25H22N4O4S3. The summed E-state index contributed by atoms with van der Waals surface area (Å²) in [5.41, 5.74) is 3.02. The molecule has 1 amide bonds. The molecular weight excluding hydrogens is 517 g/mol. The topological polar surface area (TPSA) is 92.1 Å². The molecule has 0 bridgehead atoms. The van der Waals surface area contributed by atoms with E-state index in [0.717, 1.165) is 18.2 Å². The number of carbonyl (C=O) groups is 1. The maximum Gasteiger partial charge on any atom is 0.267 e. The van der Waals surface area contributed by atoms with Gasteiger partial charge < -0.3 is 4.90 Å². The van der Waals surface area contributed by atoms with E-state index in [9.17, 15) is 18.0 Å². The summed E-state index contributed by atoms with van der Waals surface area (Å²) >= 11 is 6.56. The van der Waals surface area contributed by atoms with Crippen molar-refractivity contribution in [3.05, 3.63) is 80.6 Å². The lowest BCUT2D eigenvalue weighted by molar-refractivity contribution is -0.123. The summed E-state index contributed by atoms with van der Waals surface area (Å²) in [5.74, 6) is 0.115. The smallest absolute Gasteiger partial charge is 0.267 e. The number of carbonyl (C=O) groups excluding carboxylic acids is 1. The zero-order chi connectivity index (χ0) is 25.0. The standard InChI is InChI=1S/C25H22N4O4S3/c30-23-19(13-20-24(31)29(25(34)35-20)18-9-12-36(32,33)15-18)22(26-21-7-3-4-10-28(21)23)27-11-8-16-5-1-2-6-17(16)14-27/h1-7,10,13,18H,8-9,11-12,14-15H2/b20-13-. The zero-order valence-corrected chi connectivity index (χ0v) is 21.6. The molecule has 36 heavy (non-hydrogen) atoms. The predicted molar refractivity (Wildman–Crippen MR) is 145 cm³/mol. The molecule has 3 aliphatic heterocycles. The number of amides is 1. The molecule has 8 nitrogen and oxygen atoms in total. The van der Waals surface area contributed by atoms with E-state index in [-0.39, 0.29) is 23.0 Å². The first-order chi connectivity index (χ1) is 17.3. The summed E-state index contributed by atoms with van der Waals surface area (Å²) in [6.45, 7) is 1.29. The lowest BCUT2D eigenvalue weighted by Crippen LogP contribution is -2.39. The quantitative estimate of drug-likeness (QED) is 0.371. The van der Waals surface area contributed by atoms with Crippen molar-refractivity contribution in [3.8, 4) is 0 Å². The van der Waals surface area contributed by atoms with Gasteiger partial charge in [0.25, 0.3) is 11.5 Å². The highest BCUT2D eigenvalue weighted by atomic mass is 32.2. The van der Waals surface area contributed by atoms with Crippen LogP contribution in [0.3, 0.4) is 0 Å². The van der Waals surface area contributed by atoms with Crippen LogP contribution in [0.4, 0.5) is 5.82 Å². The molecule has 6 rings (SSSR count). The number of thioether (sulfide) groups is 1. The molecule has 2 fully saturated rings. The van der Waals surface area contributed by atoms with E-state index in [0.29, 0.717) is 45.8 Å². The Morgan fingerprint density at radius 3 is 2.64 bits per heavy atom. The summed E-state index contributed by atoms with van der Waals surface area (Å²) in [7, 11) is -3.19. The van der Waals surface area contributed by atoms with E-state index in [1.165, 1.54) is 20.4 Å². The predicted octanol–water partition coefficient (Wildman–Crippen LogP) is 2.65. The number of aromatic nitrogens is 2. The van der Waals surface area contributed by atoms with Gasteiger partial charge in [-0.15, -0.1) is 0 Å². The van der Waals surface area contributed by atoms with E-state index in [1.807, 2.05) is 18.2 Å². The molecule has 5 heterocycles. The number of sulfone groups is 1. The van der Waals surface area contributed by atoms with Crippen LogP contribution < -0.4 is 10.5 Å². The highest BCUT2D eigenvalue weighted by molar-refractivity contribution is 8.26. The maximum absolute atomic E-state index is 13.6. The molecule has 1 unspecified atom stereocenters. The molecule has 2 saturated heterocycles. The van der Waals surface area contributed by atoms with Crippen molar-refractivity contribution in [2.45, 2.75) is 25.4 Å². The molecule has 0 aliphatic carbocycles. The fourth-order valence-corrected chi connectivity index (χ4v) is 8.12. The minimum absolute atomic E-state index is 0.0459. The second-order valence-electron chi connectivity index (χ2n) is 9.13. The SMILES string of the molecule is O=C1/C(=C/c2c(N3CCc4ccccc4C3)nc3ccccn3c2=O)SC(=S)N1C1CCS(=O)(=O)C1. The Kier molecular flexibility index (Phi) is 5.73. The van der Waals surface area contributed by atoms with Crippen molar-refractivity contribution in [1.82, 2.24) is 14.3 Å². The Labute approximate surface area is 217 Å². The molecule has 0 radical (unpaired) electrons. The second-order valence-corrected chi connectivity index (χ2v) is 13.0. The van der Waals surface area contributed by atoms with Crippen LogP contribution in [0.15, 0.2) is 58.4 Å². The molecule has 0 N–H and O–H groups in total. The summed E-state index contributed by atoms with van der Waals surface area (Å²) in [4.78, 5) is 35.6. The van der Waals surface area contributed by atoms with Gasteiger partial charge in [0.15, 0.2) is 9.84 Å². The number of pyridine rings is 1. The lowest BCUT2D eigenvalue weighted by Gasteiger charge is -2.30. The first kappa shape index (κ1) is 23.4. The van der Waals surface area contributed by atoms with Gasteiger partial charge in [-0.1, -0.05) is 54.3 Å². The van der Waals surface area contributed by atoms with Crippen molar-refractivity contribution in [3.63, 3.8) is 0 Å². The minimum Gasteiger partial charge on any atom is -0.351 e. The highest BCUT2D eigenvalue weighted by Gasteiger charge is 2.42. The van der Waals surface area contributed by atoms with Crippen molar-refractivity contribution in [2.75, 3.05) is 23.0 Å². The van der Waals surface area contributed by atoms with Crippen molar-refractivity contribution < 1.29 is 13.2 Å². The van der Waals surface area contributed by atoms with Crippen LogP contribution in [0.2, 0.25) is 0 Å². The number of anilines is 1. The van der Waals surface area contributed by atoms with E-state index in [2.05, 4.69) is 17.0 Å². The Balaban J connectivity index is 1.43. The van der Waals surface area contributed by atoms with Gasteiger partial charge in [-0.3, -0.25) is 18.9 Å². The van der Waals surface area contributed by atoms with Crippen LogP contribution in [-0.2, 0) is 27.6 Å². The molecule has 0 saturated carbocycles. The normalized spacial score (nSPS) is 22.6. The molecule has 184 valence electrons. The molecule has 0 spiro atoms. The summed E-state index contributed by atoms with van der Waals surface area (Å²) in [6.07, 6.45) is 4.42. The third-order valence-electron chi connectivity index (χ3n) is 6.85. The van der Waals surface area contributed by atoms with Gasteiger partial charge in [-0.2, -0.15) is 0 Å². The van der Waals surface area contributed by atoms with Crippen molar-refractivity contribution in [1.29, 1.82) is 0 Å². The number of nitrogens with zero attached hydrogens (tertiary/aromatic N) is 4. The number of hydrogen-bond donors (Lipinski definition) is 0. The van der Waals surface area contributed by atoms with Crippen LogP contribution in [0, 0.1) is 0 Å². The Morgan fingerprint density at radius 2 is 1.86 bits per heavy atom. The molecule has 3 aliphatic rings. The minimum atomic E-state index is -3.19. The van der Waals surface area contributed by atoms with Crippen molar-refractivity contribution >= 4 is 61.6 Å². The second kappa shape index (κ2) is 8.82. The van der Waals surface area contributed by atoms with Gasteiger partial charge in [0.1, 0.15) is 15.8 Å². The number of thiocarbonyl (C=S) groups is 1. The van der Waals surface area contributed by atoms with Crippen LogP contribution in [0.25, 0.3) is 11.7 Å². The van der Waals surface area contributed by atoms with Gasteiger partial charge >= 0.3 is 0 Å². The number of hydrogen-bond acceptors (Lipinski definition) is 8. The van der Waals surface area contributed by atoms with Gasteiger partial charge in [0.05, 0.1) is 28.0 Å². The van der Waals surface area contributed by atoms with Gasteiger partial charge in [0, 0.05) is 19.3 Å². The maximum atomic E-state index is 13.6. The van der Waals surface area contributed by atoms with Gasteiger partial charge in [-0.05, 0) is 42.2 Å². The third kappa shape index (κ3) is 4.04. The van der Waals surface area contributed by atoms with Crippen LogP contribution in [0.5, 0.6) is 0 Å². The lowest BCUT2D eigenvalue weighted by atomic mass is 9.99. The summed E-state index contributed by atoms with van der Waals surface area (Å²) < 4.78 is 25.8. The van der Waals surface area contributed by atoms with Crippen molar-refractivity contribution in [2.24, 2.45) is 0 Å². The first-order valence-corrected chi connectivity index (χ1v) is 14.7. The summed E-state index contributed by atoms with van der Waals surface area (Å²) in [5, 5.41) is 0. The fraction of sp³-hybridized carbons (Fsp3) is 0.280. The van der Waals surface area contributed by atoms with E-state index < -0.39 is 15.9 Å². The van der Waals surface area contributed by atoms with Crippen LogP contribution in [0.1, 0.15) is 23.1 Å². The van der Waals surface area contributed by atoms with Gasteiger partial charge in [0.2, 0.25) is 0 Å². The molecule has 3 aromatic rings. The number of rotatable bonds is 3. The Morgan fingerprint density at radius 1 is 1.08 bits per heavy atom. The first-order valence-electron chi connectivity index (χ1n) is 11.6. The molecule has 2 aromatic heterocycles. The number of benzene rings is 1. The molecule has 1 atom stereocenters. The molecule has 11 heteroatoms. The largest absolute Gasteiger partial charge is 0.351 e. The Bertz CT molecular complexity index is 1630. The average molecular weight is 539 g/mol. The molecule has 1 aromatic carbocycles. The Hall–Kier alpha value is -3.02. The van der Waals surface area contributed by atoms with E-state index in [4.69, 9.17) is 17.2 Å². The van der Waals surface area contributed by atoms with Crippen LogP contribution in [-0.4, -0.2) is 57.0 Å².